The van der Waals surface area contributed by atoms with Crippen molar-refractivity contribution in [2.24, 2.45) is 0 Å². The number of morpholine rings is 1. The van der Waals surface area contributed by atoms with Crippen molar-refractivity contribution in [2.45, 2.75) is 12.5 Å². The molecule has 10 heteroatoms. The fourth-order valence-corrected chi connectivity index (χ4v) is 4.83. The lowest BCUT2D eigenvalue weighted by Crippen LogP contribution is -2.51. The van der Waals surface area contributed by atoms with E-state index in [4.69, 9.17) is 26.4 Å². The van der Waals surface area contributed by atoms with Gasteiger partial charge in [-0.15, -0.1) is 0 Å². The second-order valence-corrected chi connectivity index (χ2v) is 9.28. The number of nitrogens with one attached hydrogen (secondary N) is 1. The van der Waals surface area contributed by atoms with E-state index in [1.54, 1.807) is 44.6 Å². The molecule has 1 N–H and O–H groups in total. The number of amides is 1. The van der Waals surface area contributed by atoms with E-state index in [2.05, 4.69) is 15.1 Å². The van der Waals surface area contributed by atoms with Gasteiger partial charge in [0.25, 0.3) is 5.91 Å². The molecule has 0 saturated carbocycles. The molecule has 0 bridgehead atoms. The lowest BCUT2D eigenvalue weighted by Gasteiger charge is -2.36. The fraction of sp³-hybridized carbons (Fsp3) is 0.462. The van der Waals surface area contributed by atoms with E-state index in [9.17, 15) is 9.18 Å². The molecule has 1 amide bonds. The van der Waals surface area contributed by atoms with Gasteiger partial charge in [0.2, 0.25) is 0 Å². The van der Waals surface area contributed by atoms with Gasteiger partial charge in [0.05, 0.1) is 26.9 Å². The zero-order valence-electron chi connectivity index (χ0n) is 20.7. The molecule has 0 radical (unpaired) electrons. The third-order valence-electron chi connectivity index (χ3n) is 6.49. The molecule has 2 aliphatic heterocycles. The zero-order chi connectivity index (χ0) is 25.5. The molecule has 8 nitrogen and oxygen atoms in total. The predicted molar refractivity (Wildman–Crippen MR) is 140 cm³/mol. The molecule has 0 spiro atoms. The van der Waals surface area contributed by atoms with Crippen LogP contribution in [0, 0.1) is 5.82 Å². The number of rotatable bonds is 6. The number of benzene rings is 2. The topological polar surface area (TPSA) is 66.5 Å². The molecule has 36 heavy (non-hydrogen) atoms. The summed E-state index contributed by atoms with van der Waals surface area (Å²) < 4.78 is 29.8. The van der Waals surface area contributed by atoms with Gasteiger partial charge in [-0.3, -0.25) is 9.69 Å². The highest BCUT2D eigenvalue weighted by Crippen LogP contribution is 2.28. The Hall–Kier alpha value is -2.95. The van der Waals surface area contributed by atoms with E-state index in [1.807, 2.05) is 4.90 Å². The lowest BCUT2D eigenvalue weighted by molar-refractivity contribution is -0.0224. The van der Waals surface area contributed by atoms with Crippen LogP contribution in [-0.2, 0) is 4.74 Å². The monoisotopic (exact) mass is 516 g/mol. The quantitative estimate of drug-likeness (QED) is 0.588. The van der Waals surface area contributed by atoms with E-state index < -0.39 is 0 Å². The van der Waals surface area contributed by atoms with Crippen molar-refractivity contribution >= 4 is 28.9 Å². The normalized spacial score (nSPS) is 18.9. The maximum Gasteiger partial charge on any atom is 0.254 e. The molecule has 0 aliphatic carbocycles. The van der Waals surface area contributed by atoms with E-state index in [-0.39, 0.29) is 17.8 Å². The number of carbonyl (C=O) groups excluding carboxylic acids is 1. The minimum Gasteiger partial charge on any atom is -0.493 e. The SMILES string of the molecule is COc1ccc(C(=O)N2CCCN(C[C@H]3CN(C(=S)Nc4ccc(F)cc4)CCO3)CC2)cc1OC. The number of carbonyl (C=O) groups is 1. The minimum absolute atomic E-state index is 0.00453. The van der Waals surface area contributed by atoms with Crippen molar-refractivity contribution < 1.29 is 23.4 Å². The van der Waals surface area contributed by atoms with E-state index >= 15 is 0 Å². The Morgan fingerprint density at radius 2 is 1.81 bits per heavy atom. The van der Waals surface area contributed by atoms with Crippen molar-refractivity contribution in [3.8, 4) is 11.5 Å². The summed E-state index contributed by atoms with van der Waals surface area (Å²) in [5.74, 6) is 0.866. The van der Waals surface area contributed by atoms with E-state index in [0.717, 1.165) is 31.7 Å². The van der Waals surface area contributed by atoms with Crippen LogP contribution < -0.4 is 14.8 Å². The molecule has 2 aromatic rings. The largest absolute Gasteiger partial charge is 0.493 e. The van der Waals surface area contributed by atoms with Crippen LogP contribution in [0.1, 0.15) is 16.8 Å². The van der Waals surface area contributed by atoms with Gasteiger partial charge in [0.1, 0.15) is 5.82 Å². The molecule has 2 fully saturated rings. The zero-order valence-corrected chi connectivity index (χ0v) is 21.6. The number of hydrogen-bond donors (Lipinski definition) is 1. The van der Waals surface area contributed by atoms with Gasteiger partial charge in [0, 0.05) is 50.5 Å². The van der Waals surface area contributed by atoms with Crippen LogP contribution in [0.15, 0.2) is 42.5 Å². The summed E-state index contributed by atoms with van der Waals surface area (Å²) in [4.78, 5) is 19.5. The first-order chi connectivity index (χ1) is 17.5. The fourth-order valence-electron chi connectivity index (χ4n) is 4.55. The Morgan fingerprint density at radius 1 is 1.03 bits per heavy atom. The number of methoxy groups -OCH3 is 2. The maximum absolute atomic E-state index is 13.2. The van der Waals surface area contributed by atoms with Crippen LogP contribution in [0.3, 0.4) is 0 Å². The Kier molecular flexibility index (Phi) is 8.95. The number of thiocarbonyl (C=S) groups is 1. The standard InChI is InChI=1S/C26H33FN4O4S/c1-33-23-9-4-19(16-24(23)34-2)25(32)30-11-3-10-29(12-13-30)17-22-18-31(14-15-35-22)26(36)28-21-7-5-20(27)6-8-21/h4-9,16,22H,3,10-15,17-18H2,1-2H3,(H,28,36)/t22-/m0/s1. The summed E-state index contributed by atoms with van der Waals surface area (Å²) in [5, 5.41) is 3.79. The summed E-state index contributed by atoms with van der Waals surface area (Å²) in [7, 11) is 3.14. The summed E-state index contributed by atoms with van der Waals surface area (Å²) in [5.41, 5.74) is 1.35. The average Bonchev–Trinajstić information content (AvgIpc) is 3.14. The van der Waals surface area contributed by atoms with Crippen LogP contribution in [0.2, 0.25) is 0 Å². The highest BCUT2D eigenvalue weighted by molar-refractivity contribution is 7.80. The Bertz CT molecular complexity index is 1050. The van der Waals surface area contributed by atoms with Crippen molar-refractivity contribution in [1.29, 1.82) is 0 Å². The molecule has 1 atom stereocenters. The van der Waals surface area contributed by atoms with Crippen molar-refractivity contribution in [2.75, 3.05) is 72.0 Å². The van der Waals surface area contributed by atoms with Crippen molar-refractivity contribution in [3.05, 3.63) is 53.8 Å². The molecule has 2 aromatic carbocycles. The van der Waals surface area contributed by atoms with Gasteiger partial charge < -0.3 is 29.3 Å². The third-order valence-corrected chi connectivity index (χ3v) is 6.85. The van der Waals surface area contributed by atoms with Crippen LogP contribution >= 0.6 is 12.2 Å². The van der Waals surface area contributed by atoms with Gasteiger partial charge in [-0.05, 0) is 67.6 Å². The molecule has 2 heterocycles. The predicted octanol–water partition coefficient (Wildman–Crippen LogP) is 3.09. The molecule has 2 saturated heterocycles. The van der Waals surface area contributed by atoms with Gasteiger partial charge >= 0.3 is 0 Å². The van der Waals surface area contributed by atoms with Gasteiger partial charge in [-0.2, -0.15) is 0 Å². The smallest absolute Gasteiger partial charge is 0.254 e. The summed E-state index contributed by atoms with van der Waals surface area (Å²) in [6, 6.07) is 11.4. The Balaban J connectivity index is 1.29. The second-order valence-electron chi connectivity index (χ2n) is 8.89. The van der Waals surface area contributed by atoms with Crippen LogP contribution in [0.4, 0.5) is 10.1 Å². The Labute approximate surface area is 216 Å². The average molecular weight is 517 g/mol. The molecule has 4 rings (SSSR count). The molecule has 0 unspecified atom stereocenters. The van der Waals surface area contributed by atoms with E-state index in [1.165, 1.54) is 12.1 Å². The highest BCUT2D eigenvalue weighted by Gasteiger charge is 2.27. The molecule has 0 aromatic heterocycles. The highest BCUT2D eigenvalue weighted by atomic mass is 32.1. The van der Waals surface area contributed by atoms with E-state index in [0.29, 0.717) is 55.0 Å². The lowest BCUT2D eigenvalue weighted by atomic mass is 10.1. The number of nitrogens with zero attached hydrogens (tertiary/aromatic N) is 3. The van der Waals surface area contributed by atoms with Crippen molar-refractivity contribution in [3.63, 3.8) is 0 Å². The first-order valence-corrected chi connectivity index (χ1v) is 12.5. The first-order valence-electron chi connectivity index (χ1n) is 12.1. The second kappa shape index (κ2) is 12.3. The van der Waals surface area contributed by atoms with Gasteiger partial charge in [0.15, 0.2) is 16.6 Å². The summed E-state index contributed by atoms with van der Waals surface area (Å²) >= 11 is 5.58. The molecule has 194 valence electrons. The number of anilines is 1. The Morgan fingerprint density at radius 3 is 2.56 bits per heavy atom. The third kappa shape index (κ3) is 6.63. The molecular weight excluding hydrogens is 483 g/mol. The van der Waals surface area contributed by atoms with Gasteiger partial charge in [-0.25, -0.2) is 4.39 Å². The summed E-state index contributed by atoms with van der Waals surface area (Å²) in [6.45, 7) is 5.77. The number of hydrogen-bond acceptors (Lipinski definition) is 6. The first kappa shape index (κ1) is 26.1. The van der Waals surface area contributed by atoms with Crippen LogP contribution in [0.25, 0.3) is 0 Å². The number of halogens is 1. The summed E-state index contributed by atoms with van der Waals surface area (Å²) in [6.07, 6.45) is 0.903. The maximum atomic E-state index is 13.2. The van der Waals surface area contributed by atoms with Crippen molar-refractivity contribution in [1.82, 2.24) is 14.7 Å². The minimum atomic E-state index is -0.278. The van der Waals surface area contributed by atoms with Gasteiger partial charge in [-0.1, -0.05) is 0 Å². The van der Waals surface area contributed by atoms with Crippen LogP contribution in [0.5, 0.6) is 11.5 Å². The number of ether oxygens (including phenoxy) is 3. The molecular formula is C26H33FN4O4S. The molecule has 2 aliphatic rings. The van der Waals surface area contributed by atoms with Crippen LogP contribution in [-0.4, -0.2) is 98.5 Å².